The molecule has 0 bridgehead atoms. The maximum absolute atomic E-state index is 13.0. The predicted octanol–water partition coefficient (Wildman–Crippen LogP) is 3.25. The van der Waals surface area contributed by atoms with E-state index in [4.69, 9.17) is 0 Å². The number of hydrogen-bond acceptors (Lipinski definition) is 4. The van der Waals surface area contributed by atoms with Crippen LogP contribution < -0.4 is 5.32 Å². The molecule has 2 rings (SSSR count). The van der Waals surface area contributed by atoms with E-state index in [0.29, 0.717) is 5.69 Å². The van der Waals surface area contributed by atoms with Crippen molar-refractivity contribution < 1.29 is 9.31 Å². The van der Waals surface area contributed by atoms with E-state index in [-0.39, 0.29) is 17.4 Å². The Morgan fingerprint density at radius 3 is 2.79 bits per heavy atom. The van der Waals surface area contributed by atoms with Crippen molar-refractivity contribution in [2.24, 2.45) is 0 Å². The Morgan fingerprint density at radius 2 is 2.21 bits per heavy atom. The van der Waals surface area contributed by atoms with Gasteiger partial charge in [0.05, 0.1) is 22.9 Å². The van der Waals surface area contributed by atoms with Crippen LogP contribution >= 0.6 is 0 Å². The van der Waals surface area contributed by atoms with Crippen LogP contribution in [-0.2, 0) is 0 Å². The minimum absolute atomic E-state index is 0.193. The van der Waals surface area contributed by atoms with Gasteiger partial charge in [-0.25, -0.2) is 4.39 Å². The number of rotatable bonds is 4. The molecule has 0 saturated carbocycles. The quantitative estimate of drug-likeness (QED) is 0.679. The van der Waals surface area contributed by atoms with Crippen LogP contribution in [0, 0.1) is 15.9 Å². The molecule has 0 aliphatic heterocycles. The molecule has 7 heteroatoms. The average Bonchev–Trinajstić information content (AvgIpc) is 2.80. The van der Waals surface area contributed by atoms with Gasteiger partial charge in [-0.3, -0.25) is 14.8 Å². The largest absolute Gasteiger partial charge is 0.347 e. The van der Waals surface area contributed by atoms with Crippen molar-refractivity contribution in [1.29, 1.82) is 0 Å². The molecule has 0 aliphatic rings. The monoisotopic (exact) mass is 264 g/mol. The summed E-state index contributed by atoms with van der Waals surface area (Å²) < 4.78 is 14.7. The highest BCUT2D eigenvalue weighted by Gasteiger charge is 2.15. The van der Waals surface area contributed by atoms with Crippen molar-refractivity contribution in [3.63, 3.8) is 0 Å². The minimum Gasteiger partial charge on any atom is -0.347 e. The van der Waals surface area contributed by atoms with Gasteiger partial charge < -0.3 is 5.32 Å². The lowest BCUT2D eigenvalue weighted by Crippen LogP contribution is -2.00. The molecule has 6 nitrogen and oxygen atoms in total. The number of anilines is 2. The van der Waals surface area contributed by atoms with E-state index in [2.05, 4.69) is 10.4 Å². The van der Waals surface area contributed by atoms with Crippen molar-refractivity contribution in [1.82, 2.24) is 9.78 Å². The van der Waals surface area contributed by atoms with Crippen LogP contribution in [0.2, 0.25) is 0 Å². The van der Waals surface area contributed by atoms with Gasteiger partial charge in [-0.2, -0.15) is 5.10 Å². The van der Waals surface area contributed by atoms with E-state index >= 15 is 0 Å². The van der Waals surface area contributed by atoms with E-state index in [0.717, 1.165) is 6.07 Å². The molecule has 1 aromatic carbocycles. The molecule has 0 amide bonds. The fourth-order valence-electron chi connectivity index (χ4n) is 1.60. The molecule has 0 fully saturated rings. The van der Waals surface area contributed by atoms with Crippen LogP contribution in [-0.4, -0.2) is 14.7 Å². The number of nitro benzene ring substituents is 1. The molecule has 1 heterocycles. The van der Waals surface area contributed by atoms with Gasteiger partial charge >= 0.3 is 0 Å². The van der Waals surface area contributed by atoms with Gasteiger partial charge in [0, 0.05) is 12.2 Å². The first kappa shape index (κ1) is 13.0. The summed E-state index contributed by atoms with van der Waals surface area (Å²) >= 11 is 0. The Bertz CT molecular complexity index is 610. The number of nitro groups is 1. The molecule has 0 unspecified atom stereocenters. The first-order chi connectivity index (χ1) is 8.97. The zero-order valence-corrected chi connectivity index (χ0v) is 10.5. The summed E-state index contributed by atoms with van der Waals surface area (Å²) in [5.41, 5.74) is 0.537. The van der Waals surface area contributed by atoms with E-state index in [1.807, 2.05) is 13.8 Å². The average molecular weight is 264 g/mol. The van der Waals surface area contributed by atoms with Gasteiger partial charge in [0.1, 0.15) is 11.5 Å². The molecule has 0 aliphatic carbocycles. The van der Waals surface area contributed by atoms with Crippen LogP contribution in [0.5, 0.6) is 0 Å². The zero-order chi connectivity index (χ0) is 14.0. The normalized spacial score (nSPS) is 10.7. The predicted molar refractivity (Wildman–Crippen MR) is 68.9 cm³/mol. The Balaban J connectivity index is 2.29. The zero-order valence-electron chi connectivity index (χ0n) is 10.5. The molecule has 0 radical (unpaired) electrons. The topological polar surface area (TPSA) is 73.0 Å². The van der Waals surface area contributed by atoms with Crippen molar-refractivity contribution in [3.05, 3.63) is 46.5 Å². The Morgan fingerprint density at radius 1 is 1.47 bits per heavy atom. The molecule has 1 aromatic heterocycles. The molecular weight excluding hydrogens is 251 g/mol. The maximum Gasteiger partial charge on any atom is 0.295 e. The third-order valence-corrected chi connectivity index (χ3v) is 2.57. The smallest absolute Gasteiger partial charge is 0.295 e. The van der Waals surface area contributed by atoms with Gasteiger partial charge in [-0.05, 0) is 26.0 Å². The van der Waals surface area contributed by atoms with E-state index < -0.39 is 10.7 Å². The summed E-state index contributed by atoms with van der Waals surface area (Å²) in [6, 6.07) is 3.58. The van der Waals surface area contributed by atoms with Gasteiger partial charge in [-0.15, -0.1) is 0 Å². The minimum atomic E-state index is -0.643. The Kier molecular flexibility index (Phi) is 3.46. The maximum atomic E-state index is 13.0. The number of benzene rings is 1. The summed E-state index contributed by atoms with van der Waals surface area (Å²) in [5.74, 6) is -0.643. The molecule has 2 aromatic rings. The molecule has 19 heavy (non-hydrogen) atoms. The Labute approximate surface area is 109 Å². The number of hydrogen-bond donors (Lipinski definition) is 1. The van der Waals surface area contributed by atoms with Gasteiger partial charge in [0.25, 0.3) is 5.69 Å². The lowest BCUT2D eigenvalue weighted by atomic mass is 10.2. The summed E-state index contributed by atoms with van der Waals surface area (Å²) in [6.45, 7) is 3.94. The molecule has 0 spiro atoms. The fourth-order valence-corrected chi connectivity index (χ4v) is 1.60. The molecule has 0 atom stereocenters. The van der Waals surface area contributed by atoms with Crippen molar-refractivity contribution in [2.45, 2.75) is 19.9 Å². The lowest BCUT2D eigenvalue weighted by Gasteiger charge is -2.05. The van der Waals surface area contributed by atoms with Crippen LogP contribution in [0.15, 0.2) is 30.6 Å². The highest BCUT2D eigenvalue weighted by atomic mass is 19.1. The Hall–Kier alpha value is -2.44. The second-order valence-electron chi connectivity index (χ2n) is 4.35. The highest BCUT2D eigenvalue weighted by molar-refractivity contribution is 5.68. The van der Waals surface area contributed by atoms with Crippen LogP contribution in [0.3, 0.4) is 0 Å². The third kappa shape index (κ3) is 2.87. The summed E-state index contributed by atoms with van der Waals surface area (Å²) in [7, 11) is 0. The van der Waals surface area contributed by atoms with Crippen LogP contribution in [0.4, 0.5) is 21.5 Å². The van der Waals surface area contributed by atoms with E-state index in [9.17, 15) is 14.5 Å². The summed E-state index contributed by atoms with van der Waals surface area (Å²) in [4.78, 5) is 10.2. The molecule has 100 valence electrons. The van der Waals surface area contributed by atoms with Crippen molar-refractivity contribution >= 4 is 17.1 Å². The fraction of sp³-hybridized carbons (Fsp3) is 0.250. The highest BCUT2D eigenvalue weighted by Crippen LogP contribution is 2.28. The molecular formula is C12H13FN4O2. The van der Waals surface area contributed by atoms with Crippen molar-refractivity contribution in [2.75, 3.05) is 5.32 Å². The van der Waals surface area contributed by atoms with Crippen LogP contribution in [0.25, 0.3) is 0 Å². The second-order valence-corrected chi connectivity index (χ2v) is 4.35. The third-order valence-electron chi connectivity index (χ3n) is 2.57. The number of nitrogens with zero attached hydrogens (tertiary/aromatic N) is 3. The second kappa shape index (κ2) is 5.05. The first-order valence-corrected chi connectivity index (χ1v) is 5.72. The van der Waals surface area contributed by atoms with E-state index in [1.54, 1.807) is 17.1 Å². The van der Waals surface area contributed by atoms with Crippen LogP contribution in [0.1, 0.15) is 19.9 Å². The number of nitrogens with one attached hydrogen (secondary N) is 1. The SMILES string of the molecule is CC(C)n1cc(Nc2ccc(F)cc2[N+](=O)[O-])cn1. The summed E-state index contributed by atoms with van der Waals surface area (Å²) in [5, 5.41) is 17.8. The number of halogens is 1. The lowest BCUT2D eigenvalue weighted by molar-refractivity contribution is -0.384. The number of aromatic nitrogens is 2. The molecule has 1 N–H and O–H groups in total. The first-order valence-electron chi connectivity index (χ1n) is 5.72. The van der Waals surface area contributed by atoms with Gasteiger partial charge in [-0.1, -0.05) is 0 Å². The van der Waals surface area contributed by atoms with Crippen molar-refractivity contribution in [3.8, 4) is 0 Å². The van der Waals surface area contributed by atoms with Gasteiger partial charge in [0.2, 0.25) is 0 Å². The standard InChI is InChI=1S/C12H13FN4O2/c1-8(2)16-7-10(6-14-16)15-11-4-3-9(13)5-12(11)17(18)19/h3-8,15H,1-2H3. The van der Waals surface area contributed by atoms with Gasteiger partial charge in [0.15, 0.2) is 0 Å². The van der Waals surface area contributed by atoms with E-state index in [1.165, 1.54) is 12.1 Å². The molecule has 0 saturated heterocycles. The summed E-state index contributed by atoms with van der Waals surface area (Å²) in [6.07, 6.45) is 3.30.